The van der Waals surface area contributed by atoms with Crippen molar-refractivity contribution in [3.05, 3.63) is 30.9 Å². The van der Waals surface area contributed by atoms with Crippen LogP contribution < -0.4 is 15.5 Å². The number of carbonyl (C=O) groups excluding carboxylic acids is 1. The van der Waals surface area contributed by atoms with Gasteiger partial charge in [0.1, 0.15) is 24.5 Å². The van der Waals surface area contributed by atoms with Gasteiger partial charge in [0, 0.05) is 44.6 Å². The quantitative estimate of drug-likeness (QED) is 0.724. The van der Waals surface area contributed by atoms with Crippen LogP contribution in [0.2, 0.25) is 0 Å². The zero-order valence-corrected chi connectivity index (χ0v) is 13.0. The lowest BCUT2D eigenvalue weighted by Crippen LogP contribution is -2.31. The van der Waals surface area contributed by atoms with Crippen molar-refractivity contribution in [1.29, 1.82) is 0 Å². The Hall–Kier alpha value is -2.64. The third-order valence-electron chi connectivity index (χ3n) is 3.70. The monoisotopic (exact) mass is 315 g/mol. The van der Waals surface area contributed by atoms with Crippen LogP contribution in [0, 0.1) is 0 Å². The number of anilines is 2. The van der Waals surface area contributed by atoms with Gasteiger partial charge in [0.25, 0.3) is 0 Å². The Morgan fingerprint density at radius 2 is 2.09 bits per heavy atom. The second kappa shape index (κ2) is 7.57. The van der Waals surface area contributed by atoms with Crippen LogP contribution in [0.1, 0.15) is 12.8 Å². The maximum atomic E-state index is 11.7. The summed E-state index contributed by atoms with van der Waals surface area (Å²) in [4.78, 5) is 22.5. The molecule has 0 aromatic carbocycles. The van der Waals surface area contributed by atoms with Crippen LogP contribution in [0.3, 0.4) is 0 Å². The van der Waals surface area contributed by atoms with Crippen LogP contribution in [0.5, 0.6) is 0 Å². The standard InChI is InChI=1S/C15H21N7O/c23-15(11-22-9-3-4-20-22)17-6-5-16-13-10-14(19-12-18-13)21-7-1-2-8-21/h3-4,9-10,12H,1-2,5-8,11H2,(H,17,23)(H,16,18,19). The molecule has 0 unspecified atom stereocenters. The van der Waals surface area contributed by atoms with Gasteiger partial charge < -0.3 is 15.5 Å². The molecule has 0 radical (unpaired) electrons. The van der Waals surface area contributed by atoms with Gasteiger partial charge in [-0.1, -0.05) is 0 Å². The van der Waals surface area contributed by atoms with Gasteiger partial charge in [-0.3, -0.25) is 9.48 Å². The van der Waals surface area contributed by atoms with E-state index in [1.165, 1.54) is 12.8 Å². The van der Waals surface area contributed by atoms with Gasteiger partial charge in [-0.2, -0.15) is 5.10 Å². The zero-order valence-electron chi connectivity index (χ0n) is 13.0. The van der Waals surface area contributed by atoms with E-state index < -0.39 is 0 Å². The number of amides is 1. The van der Waals surface area contributed by atoms with Crippen molar-refractivity contribution < 1.29 is 4.79 Å². The topological polar surface area (TPSA) is 88.0 Å². The molecule has 2 aromatic rings. The minimum Gasteiger partial charge on any atom is -0.368 e. The smallest absolute Gasteiger partial charge is 0.241 e. The minimum absolute atomic E-state index is 0.0593. The Morgan fingerprint density at radius 1 is 1.22 bits per heavy atom. The predicted octanol–water partition coefficient (Wildman–Crippen LogP) is 0.502. The third kappa shape index (κ3) is 4.41. The number of nitrogens with one attached hydrogen (secondary N) is 2. The summed E-state index contributed by atoms with van der Waals surface area (Å²) < 4.78 is 1.59. The summed E-state index contributed by atoms with van der Waals surface area (Å²) in [6, 6.07) is 3.75. The second-order valence-corrected chi connectivity index (χ2v) is 5.44. The summed E-state index contributed by atoms with van der Waals surface area (Å²) in [7, 11) is 0. The lowest BCUT2D eigenvalue weighted by atomic mass is 10.4. The summed E-state index contributed by atoms with van der Waals surface area (Å²) in [5.74, 6) is 1.68. The SMILES string of the molecule is O=C(Cn1cccn1)NCCNc1cc(N2CCCC2)ncn1. The second-order valence-electron chi connectivity index (χ2n) is 5.44. The lowest BCUT2D eigenvalue weighted by Gasteiger charge is -2.16. The number of hydrogen-bond donors (Lipinski definition) is 2. The fraction of sp³-hybridized carbons (Fsp3) is 0.467. The fourth-order valence-corrected chi connectivity index (χ4v) is 2.55. The molecule has 3 rings (SSSR count). The molecule has 8 heteroatoms. The summed E-state index contributed by atoms with van der Waals surface area (Å²) in [6.45, 7) is 3.49. The molecule has 3 heterocycles. The molecule has 2 N–H and O–H groups in total. The third-order valence-corrected chi connectivity index (χ3v) is 3.70. The first-order valence-corrected chi connectivity index (χ1v) is 7.86. The molecule has 0 aliphatic carbocycles. The predicted molar refractivity (Wildman–Crippen MR) is 87.2 cm³/mol. The highest BCUT2D eigenvalue weighted by molar-refractivity contribution is 5.75. The highest BCUT2D eigenvalue weighted by Crippen LogP contribution is 2.18. The maximum absolute atomic E-state index is 11.7. The Balaban J connectivity index is 1.40. The molecule has 1 saturated heterocycles. The maximum Gasteiger partial charge on any atom is 0.241 e. The summed E-state index contributed by atoms with van der Waals surface area (Å²) in [5, 5.41) is 10.1. The van der Waals surface area contributed by atoms with Crippen molar-refractivity contribution in [2.45, 2.75) is 19.4 Å². The van der Waals surface area contributed by atoms with E-state index in [4.69, 9.17) is 0 Å². The van der Waals surface area contributed by atoms with E-state index in [9.17, 15) is 4.79 Å². The molecule has 0 spiro atoms. The highest BCUT2D eigenvalue weighted by Gasteiger charge is 2.13. The van der Waals surface area contributed by atoms with Gasteiger partial charge in [0.05, 0.1) is 0 Å². The van der Waals surface area contributed by atoms with Gasteiger partial charge in [0.2, 0.25) is 5.91 Å². The lowest BCUT2D eigenvalue weighted by molar-refractivity contribution is -0.121. The van der Waals surface area contributed by atoms with E-state index in [1.807, 2.05) is 6.07 Å². The van der Waals surface area contributed by atoms with E-state index in [-0.39, 0.29) is 12.5 Å². The first-order valence-electron chi connectivity index (χ1n) is 7.86. The average Bonchev–Trinajstić information content (AvgIpc) is 3.25. The Bertz CT molecular complexity index is 623. The summed E-state index contributed by atoms with van der Waals surface area (Å²) in [6.07, 6.45) is 7.43. The van der Waals surface area contributed by atoms with Crippen LogP contribution in [0.15, 0.2) is 30.9 Å². The molecule has 8 nitrogen and oxygen atoms in total. The van der Waals surface area contributed by atoms with Crippen LogP contribution >= 0.6 is 0 Å². The van der Waals surface area contributed by atoms with Crippen molar-refractivity contribution in [1.82, 2.24) is 25.1 Å². The van der Waals surface area contributed by atoms with Crippen molar-refractivity contribution in [2.24, 2.45) is 0 Å². The molecule has 0 atom stereocenters. The molecular weight excluding hydrogens is 294 g/mol. The van der Waals surface area contributed by atoms with Gasteiger partial charge >= 0.3 is 0 Å². The Kier molecular flexibility index (Phi) is 5.02. The van der Waals surface area contributed by atoms with E-state index in [0.717, 1.165) is 24.7 Å². The Morgan fingerprint density at radius 3 is 2.87 bits per heavy atom. The molecule has 1 aliphatic rings. The number of aromatic nitrogens is 4. The number of rotatable bonds is 7. The van der Waals surface area contributed by atoms with Crippen molar-refractivity contribution >= 4 is 17.5 Å². The van der Waals surface area contributed by atoms with Gasteiger partial charge in [-0.25, -0.2) is 9.97 Å². The van der Waals surface area contributed by atoms with Gasteiger partial charge in [-0.15, -0.1) is 0 Å². The van der Waals surface area contributed by atoms with E-state index in [0.29, 0.717) is 13.1 Å². The van der Waals surface area contributed by atoms with E-state index >= 15 is 0 Å². The van der Waals surface area contributed by atoms with Crippen LogP contribution in [-0.4, -0.2) is 51.8 Å². The number of carbonyl (C=O) groups is 1. The van der Waals surface area contributed by atoms with Gasteiger partial charge in [-0.05, 0) is 18.9 Å². The average molecular weight is 315 g/mol. The molecule has 23 heavy (non-hydrogen) atoms. The van der Waals surface area contributed by atoms with Crippen molar-refractivity contribution in [3.63, 3.8) is 0 Å². The Labute approximate surface area is 134 Å². The molecular formula is C15H21N7O. The van der Waals surface area contributed by atoms with Gasteiger partial charge in [0.15, 0.2) is 0 Å². The largest absolute Gasteiger partial charge is 0.368 e. The summed E-state index contributed by atoms with van der Waals surface area (Å²) in [5.41, 5.74) is 0. The first-order chi connectivity index (χ1) is 11.3. The van der Waals surface area contributed by atoms with Crippen molar-refractivity contribution in [2.75, 3.05) is 36.4 Å². The highest BCUT2D eigenvalue weighted by atomic mass is 16.2. The van der Waals surface area contributed by atoms with Crippen LogP contribution in [-0.2, 0) is 11.3 Å². The van der Waals surface area contributed by atoms with Crippen LogP contribution in [0.4, 0.5) is 11.6 Å². The van der Waals surface area contributed by atoms with Crippen LogP contribution in [0.25, 0.3) is 0 Å². The molecule has 1 amide bonds. The van der Waals surface area contributed by atoms with Crippen molar-refractivity contribution in [3.8, 4) is 0 Å². The summed E-state index contributed by atoms with van der Waals surface area (Å²) >= 11 is 0. The normalized spacial score (nSPS) is 14.0. The molecule has 1 fully saturated rings. The molecule has 0 bridgehead atoms. The zero-order chi connectivity index (χ0) is 15.9. The first kappa shape index (κ1) is 15.3. The number of nitrogens with zero attached hydrogens (tertiary/aromatic N) is 5. The molecule has 0 saturated carbocycles. The molecule has 2 aromatic heterocycles. The van der Waals surface area contributed by atoms with E-state index in [2.05, 4.69) is 30.6 Å². The fourth-order valence-electron chi connectivity index (χ4n) is 2.55. The number of hydrogen-bond acceptors (Lipinski definition) is 6. The van der Waals surface area contributed by atoms with E-state index in [1.54, 1.807) is 29.5 Å². The minimum atomic E-state index is -0.0593. The molecule has 1 aliphatic heterocycles. The molecule has 122 valence electrons.